The van der Waals surface area contributed by atoms with Gasteiger partial charge in [-0.25, -0.2) is 0 Å². The standard InChI is InChI=1S/C7H10N4O2/c8-4-5-9-6-2-1-3-7(10-6)11(12)13/h1-3H,4-5,8H2,(H,9,10). The smallest absolute Gasteiger partial charge is 0.358 e. The van der Waals surface area contributed by atoms with Crippen LogP contribution in [-0.4, -0.2) is 23.0 Å². The van der Waals surface area contributed by atoms with Crippen molar-refractivity contribution in [3.63, 3.8) is 0 Å². The summed E-state index contributed by atoms with van der Waals surface area (Å²) in [7, 11) is 0. The maximum Gasteiger partial charge on any atom is 0.365 e. The van der Waals surface area contributed by atoms with E-state index in [1.165, 1.54) is 6.07 Å². The number of hydrogen-bond donors (Lipinski definition) is 2. The number of pyridine rings is 1. The van der Waals surface area contributed by atoms with Gasteiger partial charge < -0.3 is 21.2 Å². The second-order valence-corrected chi connectivity index (χ2v) is 2.35. The number of nitrogens with one attached hydrogen (secondary N) is 1. The predicted octanol–water partition coefficient (Wildman–Crippen LogP) is 0.360. The molecule has 0 saturated heterocycles. The zero-order valence-electron chi connectivity index (χ0n) is 6.93. The summed E-state index contributed by atoms with van der Waals surface area (Å²) in [6, 6.07) is 4.57. The Balaban J connectivity index is 2.73. The van der Waals surface area contributed by atoms with Gasteiger partial charge >= 0.3 is 5.82 Å². The zero-order valence-corrected chi connectivity index (χ0v) is 6.93. The normalized spacial score (nSPS) is 9.62. The summed E-state index contributed by atoms with van der Waals surface area (Å²) in [5.74, 6) is 0.307. The highest BCUT2D eigenvalue weighted by Gasteiger charge is 2.07. The van der Waals surface area contributed by atoms with E-state index < -0.39 is 4.92 Å². The topological polar surface area (TPSA) is 94.1 Å². The van der Waals surface area contributed by atoms with Crippen LogP contribution in [-0.2, 0) is 0 Å². The van der Waals surface area contributed by atoms with Gasteiger partial charge in [-0.05, 0) is 16.0 Å². The lowest BCUT2D eigenvalue weighted by Crippen LogP contribution is -2.13. The number of hydrogen-bond acceptors (Lipinski definition) is 5. The maximum absolute atomic E-state index is 10.3. The minimum absolute atomic E-state index is 0.165. The van der Waals surface area contributed by atoms with Gasteiger partial charge in [0.2, 0.25) is 5.82 Å². The molecule has 70 valence electrons. The lowest BCUT2D eigenvalue weighted by Gasteiger charge is -1.98. The lowest BCUT2D eigenvalue weighted by molar-refractivity contribution is -0.389. The molecule has 13 heavy (non-hydrogen) atoms. The van der Waals surface area contributed by atoms with Gasteiger partial charge in [0.25, 0.3) is 0 Å². The molecule has 0 atom stereocenters. The van der Waals surface area contributed by atoms with E-state index in [0.717, 1.165) is 0 Å². The van der Waals surface area contributed by atoms with Crippen molar-refractivity contribution in [3.8, 4) is 0 Å². The van der Waals surface area contributed by atoms with Crippen LogP contribution in [0, 0.1) is 10.1 Å². The number of nitro groups is 1. The molecule has 0 unspecified atom stereocenters. The molecule has 1 rings (SSSR count). The Kier molecular flexibility index (Phi) is 3.15. The summed E-state index contributed by atoms with van der Waals surface area (Å²) in [6.07, 6.45) is 0. The average molecular weight is 182 g/mol. The summed E-state index contributed by atoms with van der Waals surface area (Å²) < 4.78 is 0. The summed E-state index contributed by atoms with van der Waals surface area (Å²) in [6.45, 7) is 1.01. The third kappa shape index (κ3) is 2.68. The van der Waals surface area contributed by atoms with Gasteiger partial charge in [-0.1, -0.05) is 0 Å². The second kappa shape index (κ2) is 4.36. The van der Waals surface area contributed by atoms with Crippen LogP contribution in [0.5, 0.6) is 0 Å². The van der Waals surface area contributed by atoms with Gasteiger partial charge in [0, 0.05) is 25.2 Å². The minimum Gasteiger partial charge on any atom is -0.358 e. The van der Waals surface area contributed by atoms with Crippen molar-refractivity contribution >= 4 is 11.6 Å². The molecule has 0 saturated carbocycles. The molecule has 0 aromatic carbocycles. The SMILES string of the molecule is NCCNc1cccc([N+](=O)[O-])n1. The number of anilines is 1. The quantitative estimate of drug-likeness (QED) is 0.518. The van der Waals surface area contributed by atoms with E-state index in [0.29, 0.717) is 18.9 Å². The first-order valence-electron chi connectivity index (χ1n) is 3.79. The van der Waals surface area contributed by atoms with E-state index >= 15 is 0 Å². The molecule has 3 N–H and O–H groups in total. The van der Waals surface area contributed by atoms with Crippen LogP contribution >= 0.6 is 0 Å². The Bertz CT molecular complexity index is 302. The maximum atomic E-state index is 10.3. The zero-order chi connectivity index (χ0) is 9.68. The van der Waals surface area contributed by atoms with Crippen LogP contribution in [0.4, 0.5) is 11.6 Å². The molecule has 6 nitrogen and oxygen atoms in total. The summed E-state index contributed by atoms with van der Waals surface area (Å²) in [4.78, 5) is 13.5. The summed E-state index contributed by atoms with van der Waals surface area (Å²) >= 11 is 0. The molecule has 0 fully saturated rings. The third-order valence-corrected chi connectivity index (χ3v) is 1.37. The Morgan fingerprint density at radius 1 is 1.62 bits per heavy atom. The van der Waals surface area contributed by atoms with Crippen LogP contribution in [0.2, 0.25) is 0 Å². The van der Waals surface area contributed by atoms with Crippen molar-refractivity contribution in [2.45, 2.75) is 0 Å². The van der Waals surface area contributed by atoms with Crippen molar-refractivity contribution in [3.05, 3.63) is 28.3 Å². The van der Waals surface area contributed by atoms with Crippen molar-refractivity contribution in [2.75, 3.05) is 18.4 Å². The Morgan fingerprint density at radius 2 is 2.38 bits per heavy atom. The van der Waals surface area contributed by atoms with Crippen molar-refractivity contribution in [1.29, 1.82) is 0 Å². The van der Waals surface area contributed by atoms with Crippen molar-refractivity contribution < 1.29 is 4.92 Å². The predicted molar refractivity (Wildman–Crippen MR) is 48.4 cm³/mol. The second-order valence-electron chi connectivity index (χ2n) is 2.35. The molecule has 1 aromatic heterocycles. The molecular formula is C7H10N4O2. The van der Waals surface area contributed by atoms with E-state index in [-0.39, 0.29) is 5.82 Å². The highest BCUT2D eigenvalue weighted by Crippen LogP contribution is 2.10. The van der Waals surface area contributed by atoms with Crippen LogP contribution in [0.3, 0.4) is 0 Å². The van der Waals surface area contributed by atoms with Gasteiger partial charge in [-0.15, -0.1) is 0 Å². The van der Waals surface area contributed by atoms with E-state index in [1.54, 1.807) is 12.1 Å². The van der Waals surface area contributed by atoms with E-state index in [1.807, 2.05) is 0 Å². The van der Waals surface area contributed by atoms with Crippen LogP contribution < -0.4 is 11.1 Å². The Morgan fingerprint density at radius 3 is 3.00 bits per heavy atom. The first-order valence-corrected chi connectivity index (χ1v) is 3.79. The number of aromatic nitrogens is 1. The molecule has 0 bridgehead atoms. The summed E-state index contributed by atoms with van der Waals surface area (Å²) in [5, 5.41) is 13.2. The molecular weight excluding hydrogens is 172 g/mol. The van der Waals surface area contributed by atoms with E-state index in [2.05, 4.69) is 10.3 Å². The Hall–Kier alpha value is -1.69. The average Bonchev–Trinajstić information content (AvgIpc) is 2.15. The molecule has 0 aliphatic rings. The highest BCUT2D eigenvalue weighted by molar-refractivity contribution is 5.39. The molecule has 0 spiro atoms. The third-order valence-electron chi connectivity index (χ3n) is 1.37. The summed E-state index contributed by atoms with van der Waals surface area (Å²) in [5.41, 5.74) is 5.25. The highest BCUT2D eigenvalue weighted by atomic mass is 16.6. The number of nitrogens with two attached hydrogens (primary N) is 1. The van der Waals surface area contributed by atoms with Crippen LogP contribution in [0.15, 0.2) is 18.2 Å². The van der Waals surface area contributed by atoms with Crippen molar-refractivity contribution in [2.24, 2.45) is 5.73 Å². The molecule has 1 heterocycles. The van der Waals surface area contributed by atoms with E-state index in [9.17, 15) is 10.1 Å². The lowest BCUT2D eigenvalue weighted by atomic mass is 10.4. The first kappa shape index (κ1) is 9.40. The fourth-order valence-corrected chi connectivity index (χ4v) is 0.824. The first-order chi connectivity index (χ1) is 6.24. The monoisotopic (exact) mass is 182 g/mol. The minimum atomic E-state index is -0.534. The number of rotatable bonds is 4. The molecule has 0 radical (unpaired) electrons. The van der Waals surface area contributed by atoms with Gasteiger partial charge in [-0.2, -0.15) is 0 Å². The fourth-order valence-electron chi connectivity index (χ4n) is 0.824. The molecule has 6 heteroatoms. The van der Waals surface area contributed by atoms with Crippen molar-refractivity contribution in [1.82, 2.24) is 4.98 Å². The number of nitrogens with zero attached hydrogens (tertiary/aromatic N) is 2. The molecule has 0 amide bonds. The fraction of sp³-hybridized carbons (Fsp3) is 0.286. The molecule has 0 aliphatic carbocycles. The molecule has 1 aromatic rings. The van der Waals surface area contributed by atoms with Gasteiger partial charge in [-0.3, -0.25) is 0 Å². The molecule has 0 aliphatic heterocycles. The van der Waals surface area contributed by atoms with Gasteiger partial charge in [0.05, 0.1) is 0 Å². The van der Waals surface area contributed by atoms with Crippen LogP contribution in [0.1, 0.15) is 0 Å². The van der Waals surface area contributed by atoms with E-state index in [4.69, 9.17) is 5.73 Å². The largest absolute Gasteiger partial charge is 0.365 e. The van der Waals surface area contributed by atoms with Gasteiger partial charge in [0.1, 0.15) is 0 Å². The van der Waals surface area contributed by atoms with Gasteiger partial charge in [0.15, 0.2) is 0 Å². The Labute approximate surface area is 74.9 Å². The van der Waals surface area contributed by atoms with Crippen LogP contribution in [0.25, 0.3) is 0 Å².